The van der Waals surface area contributed by atoms with Crippen molar-refractivity contribution in [2.24, 2.45) is 5.92 Å². The van der Waals surface area contributed by atoms with Crippen molar-refractivity contribution in [2.75, 3.05) is 0 Å². The molecule has 0 bridgehead atoms. The molecule has 0 aliphatic carbocycles. The molecule has 0 fully saturated rings. The first-order chi connectivity index (χ1) is 8.85. The van der Waals surface area contributed by atoms with Gasteiger partial charge in [-0.2, -0.15) is 0 Å². The number of allylic oxidation sites excluding steroid dienone is 1. The highest BCUT2D eigenvalue weighted by atomic mass is 14.1. The summed E-state index contributed by atoms with van der Waals surface area (Å²) in [5, 5.41) is 0. The fraction of sp³-hybridized carbons (Fsp3) is 0.889. The highest BCUT2D eigenvalue weighted by Gasteiger charge is 2.02. The summed E-state index contributed by atoms with van der Waals surface area (Å²) < 4.78 is 0. The van der Waals surface area contributed by atoms with Crippen LogP contribution in [0.4, 0.5) is 0 Å². The monoisotopic (exact) mass is 252 g/mol. The van der Waals surface area contributed by atoms with E-state index in [2.05, 4.69) is 26.5 Å². The van der Waals surface area contributed by atoms with Gasteiger partial charge in [-0.05, 0) is 18.8 Å². The maximum absolute atomic E-state index is 3.97. The van der Waals surface area contributed by atoms with E-state index in [-0.39, 0.29) is 0 Å². The Labute approximate surface area is 116 Å². The Morgan fingerprint density at radius 1 is 0.667 bits per heavy atom. The summed E-state index contributed by atoms with van der Waals surface area (Å²) in [6.07, 6.45) is 20.5. The molecule has 1 unspecified atom stereocenters. The Morgan fingerprint density at radius 2 is 1.11 bits per heavy atom. The summed E-state index contributed by atoms with van der Waals surface area (Å²) in [5.74, 6) is 0.787. The standard InChI is InChI=1S/C18H36/c1-4-7-9-10-11-12-13-14-15-17-18(6-3)16-8-5-2/h6,18H,3-5,7-17H2,1-2H3. The Morgan fingerprint density at radius 3 is 1.61 bits per heavy atom. The second kappa shape index (κ2) is 14.8. The zero-order valence-electron chi connectivity index (χ0n) is 13.1. The zero-order valence-corrected chi connectivity index (χ0v) is 13.1. The van der Waals surface area contributed by atoms with E-state index < -0.39 is 0 Å². The van der Waals surface area contributed by atoms with Crippen LogP contribution in [0.1, 0.15) is 97.3 Å². The lowest BCUT2D eigenvalue weighted by Gasteiger charge is -2.11. The topological polar surface area (TPSA) is 0 Å². The van der Waals surface area contributed by atoms with Crippen molar-refractivity contribution in [3.05, 3.63) is 12.7 Å². The van der Waals surface area contributed by atoms with Crippen LogP contribution in [-0.2, 0) is 0 Å². The molecule has 0 rings (SSSR count). The van der Waals surface area contributed by atoms with Crippen LogP contribution in [-0.4, -0.2) is 0 Å². The van der Waals surface area contributed by atoms with Crippen LogP contribution in [0.15, 0.2) is 12.7 Å². The molecule has 0 saturated carbocycles. The molecular weight excluding hydrogens is 216 g/mol. The summed E-state index contributed by atoms with van der Waals surface area (Å²) >= 11 is 0. The Hall–Kier alpha value is -0.260. The van der Waals surface area contributed by atoms with Gasteiger partial charge in [0.05, 0.1) is 0 Å². The van der Waals surface area contributed by atoms with Gasteiger partial charge in [0.2, 0.25) is 0 Å². The maximum Gasteiger partial charge on any atom is -0.0236 e. The lowest BCUT2D eigenvalue weighted by Crippen LogP contribution is -1.96. The van der Waals surface area contributed by atoms with Crippen molar-refractivity contribution in [1.82, 2.24) is 0 Å². The van der Waals surface area contributed by atoms with Crippen molar-refractivity contribution in [1.29, 1.82) is 0 Å². The molecule has 0 aromatic carbocycles. The van der Waals surface area contributed by atoms with E-state index >= 15 is 0 Å². The molecule has 18 heavy (non-hydrogen) atoms. The van der Waals surface area contributed by atoms with E-state index in [1.807, 2.05) is 0 Å². The van der Waals surface area contributed by atoms with Crippen LogP contribution in [0.25, 0.3) is 0 Å². The molecule has 0 aromatic rings. The molecule has 0 amide bonds. The normalized spacial score (nSPS) is 12.6. The highest BCUT2D eigenvalue weighted by molar-refractivity contribution is 4.78. The van der Waals surface area contributed by atoms with E-state index in [9.17, 15) is 0 Å². The lowest BCUT2D eigenvalue weighted by atomic mass is 9.95. The molecular formula is C18H36. The maximum atomic E-state index is 3.97. The minimum absolute atomic E-state index is 0.787. The van der Waals surface area contributed by atoms with Crippen molar-refractivity contribution < 1.29 is 0 Å². The largest absolute Gasteiger partial charge is 0.103 e. The van der Waals surface area contributed by atoms with Crippen molar-refractivity contribution in [2.45, 2.75) is 97.3 Å². The molecule has 0 N–H and O–H groups in total. The van der Waals surface area contributed by atoms with Crippen molar-refractivity contribution >= 4 is 0 Å². The van der Waals surface area contributed by atoms with Gasteiger partial charge in [0, 0.05) is 0 Å². The third-order valence-corrected chi connectivity index (χ3v) is 3.94. The molecule has 0 spiro atoms. The second-order valence-electron chi connectivity index (χ2n) is 5.76. The molecule has 0 heteroatoms. The van der Waals surface area contributed by atoms with Crippen LogP contribution in [0.3, 0.4) is 0 Å². The first-order valence-electron chi connectivity index (χ1n) is 8.47. The average Bonchev–Trinajstić information content (AvgIpc) is 2.40. The Balaban J connectivity index is 3.20. The van der Waals surface area contributed by atoms with Crippen molar-refractivity contribution in [3.8, 4) is 0 Å². The van der Waals surface area contributed by atoms with E-state index in [1.165, 1.54) is 83.5 Å². The fourth-order valence-electron chi connectivity index (χ4n) is 2.56. The number of hydrogen-bond donors (Lipinski definition) is 0. The summed E-state index contributed by atoms with van der Waals surface area (Å²) in [6.45, 7) is 8.53. The second-order valence-corrected chi connectivity index (χ2v) is 5.76. The van der Waals surface area contributed by atoms with E-state index in [4.69, 9.17) is 0 Å². The third kappa shape index (κ3) is 12.2. The molecule has 0 aliphatic heterocycles. The van der Waals surface area contributed by atoms with Crippen LogP contribution in [0.2, 0.25) is 0 Å². The molecule has 0 aromatic heterocycles. The SMILES string of the molecule is C=CC(CCCC)CCCCCCCCCCC. The van der Waals surface area contributed by atoms with Crippen molar-refractivity contribution in [3.63, 3.8) is 0 Å². The first-order valence-corrected chi connectivity index (χ1v) is 8.47. The molecule has 1 atom stereocenters. The van der Waals surface area contributed by atoms with Gasteiger partial charge >= 0.3 is 0 Å². The van der Waals surface area contributed by atoms with Crippen LogP contribution in [0.5, 0.6) is 0 Å². The fourth-order valence-corrected chi connectivity index (χ4v) is 2.56. The van der Waals surface area contributed by atoms with Gasteiger partial charge in [-0.3, -0.25) is 0 Å². The smallest absolute Gasteiger partial charge is 0.0236 e. The summed E-state index contributed by atoms with van der Waals surface area (Å²) in [4.78, 5) is 0. The number of rotatable bonds is 14. The van der Waals surface area contributed by atoms with Gasteiger partial charge < -0.3 is 0 Å². The molecule has 0 saturated heterocycles. The molecule has 0 radical (unpaired) electrons. The Kier molecular flexibility index (Phi) is 14.6. The predicted molar refractivity (Wildman–Crippen MR) is 85.1 cm³/mol. The molecule has 0 aliphatic rings. The van der Waals surface area contributed by atoms with E-state index in [1.54, 1.807) is 0 Å². The lowest BCUT2D eigenvalue weighted by molar-refractivity contribution is 0.476. The van der Waals surface area contributed by atoms with E-state index in [0.717, 1.165) is 5.92 Å². The quantitative estimate of drug-likeness (QED) is 0.233. The minimum Gasteiger partial charge on any atom is -0.103 e. The highest BCUT2D eigenvalue weighted by Crippen LogP contribution is 2.18. The summed E-state index contributed by atoms with van der Waals surface area (Å²) in [5.41, 5.74) is 0. The molecule has 0 nitrogen and oxygen atoms in total. The van der Waals surface area contributed by atoms with Gasteiger partial charge in [-0.15, -0.1) is 6.58 Å². The average molecular weight is 252 g/mol. The minimum atomic E-state index is 0.787. The zero-order chi connectivity index (χ0) is 13.5. The summed E-state index contributed by atoms with van der Waals surface area (Å²) in [7, 11) is 0. The third-order valence-electron chi connectivity index (χ3n) is 3.94. The van der Waals surface area contributed by atoms with Crippen LogP contribution >= 0.6 is 0 Å². The summed E-state index contributed by atoms with van der Waals surface area (Å²) in [6, 6.07) is 0. The van der Waals surface area contributed by atoms with Gasteiger partial charge in [0.15, 0.2) is 0 Å². The number of unbranched alkanes of at least 4 members (excludes halogenated alkanes) is 9. The molecule has 0 heterocycles. The van der Waals surface area contributed by atoms with E-state index in [0.29, 0.717) is 0 Å². The first kappa shape index (κ1) is 17.7. The van der Waals surface area contributed by atoms with Gasteiger partial charge in [-0.25, -0.2) is 0 Å². The van der Waals surface area contributed by atoms with Gasteiger partial charge in [-0.1, -0.05) is 90.6 Å². The molecule has 108 valence electrons. The van der Waals surface area contributed by atoms with Gasteiger partial charge in [0.25, 0.3) is 0 Å². The predicted octanol–water partition coefficient (Wildman–Crippen LogP) is 6.90. The van der Waals surface area contributed by atoms with Crippen LogP contribution < -0.4 is 0 Å². The Bertz CT molecular complexity index is 159. The number of hydrogen-bond acceptors (Lipinski definition) is 0. The van der Waals surface area contributed by atoms with Gasteiger partial charge in [0.1, 0.15) is 0 Å². The van der Waals surface area contributed by atoms with Crippen LogP contribution in [0, 0.1) is 5.92 Å².